The number of carbonyl (C=O) groups is 7. The van der Waals surface area contributed by atoms with E-state index >= 15 is 4.39 Å². The van der Waals surface area contributed by atoms with Gasteiger partial charge in [-0.25, -0.2) is 4.39 Å². The van der Waals surface area contributed by atoms with E-state index in [-0.39, 0.29) is 68.2 Å². The van der Waals surface area contributed by atoms with Crippen molar-refractivity contribution in [3.8, 4) is 11.8 Å². The van der Waals surface area contributed by atoms with Gasteiger partial charge in [0.25, 0.3) is 23.6 Å². The maximum Gasteiger partial charge on any atom is 0.420 e. The largest absolute Gasteiger partial charge is 0.483 e. The first-order valence-electron chi connectivity index (χ1n) is 19.6. The van der Waals surface area contributed by atoms with Gasteiger partial charge in [0.15, 0.2) is 12.4 Å². The monoisotopic (exact) mass is 892 g/mol. The van der Waals surface area contributed by atoms with Gasteiger partial charge in [-0.1, -0.05) is 18.3 Å². The van der Waals surface area contributed by atoms with Gasteiger partial charge in [-0.2, -0.15) is 18.4 Å². The average Bonchev–Trinajstić information content (AvgIpc) is 3.51. The van der Waals surface area contributed by atoms with Crippen LogP contribution in [0.5, 0.6) is 5.75 Å². The van der Waals surface area contributed by atoms with Crippen LogP contribution in [0.1, 0.15) is 77.1 Å². The smallest absolute Gasteiger partial charge is 0.420 e. The zero-order valence-electron chi connectivity index (χ0n) is 34.2. The molecule has 1 unspecified atom stereocenters. The topological polar surface area (TPSA) is 194 Å². The number of anilines is 2. The van der Waals surface area contributed by atoms with E-state index in [2.05, 4.69) is 10.3 Å². The number of ether oxygens (including phenoxy) is 1. The second-order valence-electron chi connectivity index (χ2n) is 15.4. The van der Waals surface area contributed by atoms with Gasteiger partial charge in [0.1, 0.15) is 22.9 Å². The Morgan fingerprint density at radius 3 is 2.29 bits per heavy atom. The third kappa shape index (κ3) is 9.21. The Morgan fingerprint density at radius 2 is 1.68 bits per heavy atom. The van der Waals surface area contributed by atoms with Crippen LogP contribution in [0.2, 0.25) is 0 Å². The Bertz CT molecular complexity index is 2430. The van der Waals surface area contributed by atoms with Gasteiger partial charge in [0, 0.05) is 51.8 Å². The van der Waals surface area contributed by atoms with E-state index in [9.17, 15) is 46.7 Å². The molecule has 3 aromatic rings. The van der Waals surface area contributed by atoms with E-state index in [1.165, 1.54) is 54.1 Å². The van der Waals surface area contributed by atoms with Gasteiger partial charge in [-0.15, -0.1) is 0 Å². The molecule has 21 heteroatoms. The molecule has 3 aliphatic rings. The number of halogens is 4. The molecule has 3 aliphatic heterocycles. The predicted molar refractivity (Wildman–Crippen MR) is 219 cm³/mol. The molecule has 0 aliphatic carbocycles. The van der Waals surface area contributed by atoms with Gasteiger partial charge in [-0.3, -0.25) is 53.7 Å². The normalized spacial score (nSPS) is 16.6. The van der Waals surface area contributed by atoms with E-state index in [1.54, 1.807) is 24.1 Å². The maximum absolute atomic E-state index is 15.2. The van der Waals surface area contributed by atoms with E-state index in [1.807, 2.05) is 0 Å². The van der Waals surface area contributed by atoms with Crippen molar-refractivity contribution in [1.29, 1.82) is 5.26 Å². The number of likely N-dealkylation sites (N-methyl/N-ethyl adjacent to an activating group) is 1. The van der Waals surface area contributed by atoms with Gasteiger partial charge in [-0.05, 0) is 69.5 Å². The number of rotatable bonds is 13. The third-order valence-corrected chi connectivity index (χ3v) is 11.5. The van der Waals surface area contributed by atoms with Crippen molar-refractivity contribution in [2.45, 2.75) is 63.7 Å². The SMILES string of the molecule is CN(c1ccc(CCCC(=O)N2CCN(C(=O)COc3cccc4c3C(=O)N(C3CCC(=O)NC3=O)C4=O)CC2)nc1)C(C)(C)C(=O)N(C=S)c1ccc(C#N)c(C(F)(F)F)c1F. The number of hydrogen-bond donors (Lipinski definition) is 1. The summed E-state index contributed by atoms with van der Waals surface area (Å²) >= 11 is 4.92. The van der Waals surface area contributed by atoms with Crippen LogP contribution in [0.3, 0.4) is 0 Å². The summed E-state index contributed by atoms with van der Waals surface area (Å²) in [6.45, 7) is 3.51. The number of nitrogens with one attached hydrogen (secondary N) is 1. The lowest BCUT2D eigenvalue weighted by atomic mass is 9.99. The van der Waals surface area contributed by atoms with Crippen LogP contribution in [0.15, 0.2) is 48.7 Å². The minimum atomic E-state index is -5.21. The van der Waals surface area contributed by atoms with Crippen LogP contribution < -0.4 is 19.9 Å². The predicted octanol–water partition coefficient (Wildman–Crippen LogP) is 3.79. The quantitative estimate of drug-likeness (QED) is 0.149. The summed E-state index contributed by atoms with van der Waals surface area (Å²) in [6, 6.07) is 9.54. The molecular weight excluding hydrogens is 853 g/mol. The second-order valence-corrected chi connectivity index (χ2v) is 15.6. The highest BCUT2D eigenvalue weighted by molar-refractivity contribution is 7.79. The number of imide groups is 2. The van der Waals surface area contributed by atoms with Crippen LogP contribution in [0.4, 0.5) is 28.9 Å². The molecule has 330 valence electrons. The molecule has 0 bridgehead atoms. The molecule has 2 fully saturated rings. The Morgan fingerprint density at radius 1 is 1.00 bits per heavy atom. The fourth-order valence-electron chi connectivity index (χ4n) is 7.48. The van der Waals surface area contributed by atoms with E-state index in [4.69, 9.17) is 22.2 Å². The van der Waals surface area contributed by atoms with Crippen molar-refractivity contribution in [1.82, 2.24) is 25.0 Å². The zero-order chi connectivity index (χ0) is 46.0. The summed E-state index contributed by atoms with van der Waals surface area (Å²) < 4.78 is 61.9. The molecule has 1 aromatic heterocycles. The van der Waals surface area contributed by atoms with Crippen molar-refractivity contribution in [3.63, 3.8) is 0 Å². The van der Waals surface area contributed by atoms with Crippen molar-refractivity contribution in [2.75, 3.05) is 49.6 Å². The van der Waals surface area contributed by atoms with E-state index in [0.717, 1.165) is 22.5 Å². The molecule has 4 heterocycles. The van der Waals surface area contributed by atoms with Crippen LogP contribution >= 0.6 is 12.2 Å². The Kier molecular flexibility index (Phi) is 13.2. The number of alkyl halides is 3. The number of pyridine rings is 1. The molecule has 0 saturated carbocycles. The standard InChI is InChI=1S/C42H40F4N8O8S/c1-41(2,40(61)53(23-63)28-13-10-24(20-47)35(36(28)43)42(44,45)46)50(3)26-12-11-25(48-21-26)6-4-9-32(56)51-16-18-52(19-17-51)33(57)22-62-30-8-5-7-27-34(30)39(60)54(38(27)59)29-14-15-31(55)49-37(29)58/h5,7-8,10-13,21,23,29H,4,6,9,14-19,22H2,1-3H3,(H,49,55,58). The first-order valence-corrected chi connectivity index (χ1v) is 20.1. The zero-order valence-corrected chi connectivity index (χ0v) is 35.0. The van der Waals surface area contributed by atoms with Gasteiger partial charge in [0.2, 0.25) is 17.7 Å². The van der Waals surface area contributed by atoms with Crippen molar-refractivity contribution in [2.24, 2.45) is 0 Å². The molecule has 7 amide bonds. The molecular formula is C42H40F4N8O8S. The molecule has 0 spiro atoms. The van der Waals surface area contributed by atoms with Gasteiger partial charge >= 0.3 is 6.18 Å². The molecule has 2 aromatic carbocycles. The molecule has 2 saturated heterocycles. The number of fused-ring (bicyclic) bond motifs is 1. The first-order chi connectivity index (χ1) is 29.8. The number of thiocarbonyl (C=S) groups is 1. The number of piperidine rings is 1. The lowest BCUT2D eigenvalue weighted by Gasteiger charge is -2.38. The first kappa shape index (κ1) is 45.7. The van der Waals surface area contributed by atoms with E-state index < -0.39 is 82.4 Å². The minimum absolute atomic E-state index is 0.00110. The highest BCUT2D eigenvalue weighted by Gasteiger charge is 2.46. The number of hydrogen-bond acceptors (Lipinski definition) is 12. The number of benzene rings is 2. The van der Waals surface area contributed by atoms with E-state index in [0.29, 0.717) is 29.1 Å². The maximum atomic E-state index is 15.2. The number of amides is 7. The van der Waals surface area contributed by atoms with Crippen LogP contribution in [-0.2, 0) is 36.6 Å². The Balaban J connectivity index is 0.967. The summed E-state index contributed by atoms with van der Waals surface area (Å²) in [6.07, 6.45) is -2.70. The summed E-state index contributed by atoms with van der Waals surface area (Å²) in [5.74, 6) is -5.90. The molecule has 1 atom stereocenters. The summed E-state index contributed by atoms with van der Waals surface area (Å²) in [4.78, 5) is 101. The highest BCUT2D eigenvalue weighted by atomic mass is 32.1. The lowest BCUT2D eigenvalue weighted by Crippen LogP contribution is -2.55. The fraction of sp³-hybridized carbons (Fsp3) is 0.381. The Hall–Kier alpha value is -6.82. The number of piperazine rings is 1. The molecule has 1 N–H and O–H groups in total. The minimum Gasteiger partial charge on any atom is -0.483 e. The van der Waals surface area contributed by atoms with Crippen LogP contribution in [0, 0.1) is 17.1 Å². The molecule has 6 rings (SSSR count). The van der Waals surface area contributed by atoms with Crippen LogP contribution in [-0.4, -0.2) is 118 Å². The summed E-state index contributed by atoms with van der Waals surface area (Å²) in [7, 11) is 1.55. The molecule has 0 radical (unpaired) electrons. The summed E-state index contributed by atoms with van der Waals surface area (Å²) in [5, 5.41) is 11.2. The number of nitriles is 1. The van der Waals surface area contributed by atoms with Gasteiger partial charge < -0.3 is 19.4 Å². The van der Waals surface area contributed by atoms with Crippen molar-refractivity contribution >= 4 is 70.4 Å². The summed E-state index contributed by atoms with van der Waals surface area (Å²) in [5.41, 5.74) is -3.24. The van der Waals surface area contributed by atoms with Gasteiger partial charge in [0.05, 0.1) is 45.8 Å². The second kappa shape index (κ2) is 18.3. The number of aryl methyl sites for hydroxylation is 1. The highest BCUT2D eigenvalue weighted by Crippen LogP contribution is 2.39. The van der Waals surface area contributed by atoms with Crippen LogP contribution in [0.25, 0.3) is 0 Å². The molecule has 16 nitrogen and oxygen atoms in total. The number of aromatic nitrogens is 1. The number of nitrogens with zero attached hydrogens (tertiary/aromatic N) is 7. The average molecular weight is 893 g/mol. The van der Waals surface area contributed by atoms with Crippen molar-refractivity contribution < 1.29 is 55.9 Å². The number of carbonyl (C=O) groups excluding carboxylic acids is 7. The van der Waals surface area contributed by atoms with Crippen molar-refractivity contribution in [3.05, 3.63) is 82.4 Å². The lowest BCUT2D eigenvalue weighted by molar-refractivity contribution is -0.140. The third-order valence-electron chi connectivity index (χ3n) is 11.3. The fourth-order valence-corrected chi connectivity index (χ4v) is 7.69. The molecule has 63 heavy (non-hydrogen) atoms. The Labute approximate surface area is 363 Å².